The number of hydrogen-bond acceptors (Lipinski definition) is 7. The molecule has 2 aromatic carbocycles. The van der Waals surface area contributed by atoms with Crippen LogP contribution in [-0.2, 0) is 11.3 Å². The summed E-state index contributed by atoms with van der Waals surface area (Å²) in [7, 11) is 3.11. The number of benzene rings is 2. The normalized spacial score (nSPS) is 11.8. The smallest absolute Gasteiger partial charge is 0.262 e. The van der Waals surface area contributed by atoms with Gasteiger partial charge in [-0.05, 0) is 49.2 Å². The summed E-state index contributed by atoms with van der Waals surface area (Å²) >= 11 is 1.29. The van der Waals surface area contributed by atoms with E-state index in [1.165, 1.54) is 11.3 Å². The van der Waals surface area contributed by atoms with Gasteiger partial charge in [-0.15, -0.1) is 11.3 Å². The van der Waals surface area contributed by atoms with Gasteiger partial charge in [0.05, 0.1) is 23.4 Å². The average Bonchev–Trinajstić information content (AvgIpc) is 3.20. The van der Waals surface area contributed by atoms with E-state index in [2.05, 4.69) is 20.6 Å². The van der Waals surface area contributed by atoms with E-state index in [9.17, 15) is 9.59 Å². The van der Waals surface area contributed by atoms with Gasteiger partial charge in [0.2, 0.25) is 5.88 Å². The molecule has 0 saturated heterocycles. The molecule has 2 heterocycles. The Morgan fingerprint density at radius 1 is 1.03 bits per heavy atom. The molecule has 0 fully saturated rings. The van der Waals surface area contributed by atoms with E-state index < -0.39 is 0 Å². The molecule has 0 aliphatic rings. The molecule has 1 atom stereocenters. The second kappa shape index (κ2) is 10.6. The van der Waals surface area contributed by atoms with Crippen molar-refractivity contribution in [3.63, 3.8) is 0 Å². The van der Waals surface area contributed by atoms with Crippen molar-refractivity contribution in [2.24, 2.45) is 0 Å². The van der Waals surface area contributed by atoms with Gasteiger partial charge < -0.3 is 20.1 Å². The highest BCUT2D eigenvalue weighted by Gasteiger charge is 2.22. The van der Waals surface area contributed by atoms with Crippen LogP contribution in [0.15, 0.2) is 54.6 Å². The molecule has 2 aromatic heterocycles. The number of rotatable bonds is 8. The van der Waals surface area contributed by atoms with E-state index in [1.54, 1.807) is 26.4 Å². The van der Waals surface area contributed by atoms with Gasteiger partial charge in [0.15, 0.2) is 5.82 Å². The topological polar surface area (TPSA) is 102 Å². The van der Waals surface area contributed by atoms with Crippen LogP contribution in [0.3, 0.4) is 0 Å². The van der Waals surface area contributed by atoms with Crippen LogP contribution in [0.5, 0.6) is 5.88 Å². The largest absolute Gasteiger partial charge is 0.480 e. The van der Waals surface area contributed by atoms with Crippen LogP contribution < -0.4 is 15.4 Å². The highest BCUT2D eigenvalue weighted by Crippen LogP contribution is 2.35. The van der Waals surface area contributed by atoms with Gasteiger partial charge in [-0.1, -0.05) is 30.3 Å². The number of amides is 2. The third kappa shape index (κ3) is 5.31. The summed E-state index contributed by atoms with van der Waals surface area (Å²) in [6.45, 7) is 4.01. The fourth-order valence-corrected chi connectivity index (χ4v) is 4.82. The van der Waals surface area contributed by atoms with Crippen molar-refractivity contribution in [2.45, 2.75) is 26.5 Å². The molecular weight excluding hydrogens is 464 g/mol. The summed E-state index contributed by atoms with van der Waals surface area (Å²) in [6.07, 6.45) is 0. The molecule has 35 heavy (non-hydrogen) atoms. The predicted octanol–water partition coefficient (Wildman–Crippen LogP) is 4.90. The van der Waals surface area contributed by atoms with E-state index in [-0.39, 0.29) is 24.5 Å². The maximum absolute atomic E-state index is 13.2. The van der Waals surface area contributed by atoms with Crippen LogP contribution in [-0.4, -0.2) is 36.0 Å². The van der Waals surface area contributed by atoms with Gasteiger partial charge in [0.25, 0.3) is 11.8 Å². The number of hydrogen-bond donors (Lipinski definition) is 2. The summed E-state index contributed by atoms with van der Waals surface area (Å²) < 4.78 is 10.6. The van der Waals surface area contributed by atoms with E-state index in [0.29, 0.717) is 32.7 Å². The van der Waals surface area contributed by atoms with Crippen molar-refractivity contribution in [2.75, 3.05) is 19.5 Å². The molecule has 2 N–H and O–H groups in total. The van der Waals surface area contributed by atoms with Crippen molar-refractivity contribution in [3.05, 3.63) is 82.0 Å². The van der Waals surface area contributed by atoms with Gasteiger partial charge >= 0.3 is 0 Å². The quantitative estimate of drug-likeness (QED) is 0.364. The van der Waals surface area contributed by atoms with Gasteiger partial charge in [0.1, 0.15) is 11.4 Å². The van der Waals surface area contributed by atoms with Crippen molar-refractivity contribution >= 4 is 39.1 Å². The van der Waals surface area contributed by atoms with Crippen molar-refractivity contribution in [1.29, 1.82) is 0 Å². The Morgan fingerprint density at radius 2 is 1.80 bits per heavy atom. The number of aromatic nitrogens is 2. The fraction of sp³-hybridized carbons (Fsp3) is 0.231. The predicted molar refractivity (Wildman–Crippen MR) is 136 cm³/mol. The van der Waals surface area contributed by atoms with Gasteiger partial charge in [0, 0.05) is 18.4 Å². The zero-order valence-corrected chi connectivity index (χ0v) is 20.7. The fourth-order valence-electron chi connectivity index (χ4n) is 3.73. The molecule has 180 valence electrons. The Kier molecular flexibility index (Phi) is 7.38. The Hall–Kier alpha value is -3.82. The Labute approximate surface area is 207 Å². The standard InChI is InChI=1S/C26H26N4O4S/c1-15-21-25(34-4)29-20(14-33-3)30-26(21)35-22(15)24(32)27-16(2)18-11-8-12-19(13-18)28-23(31)17-9-6-5-7-10-17/h5-13,16H,14H2,1-4H3,(H,27,32)(H,28,31). The molecule has 2 amide bonds. The number of methoxy groups -OCH3 is 2. The molecule has 0 aliphatic carbocycles. The Morgan fingerprint density at radius 3 is 2.51 bits per heavy atom. The van der Waals surface area contributed by atoms with E-state index in [4.69, 9.17) is 9.47 Å². The van der Waals surface area contributed by atoms with Crippen LogP contribution in [0.4, 0.5) is 5.69 Å². The molecule has 8 nitrogen and oxygen atoms in total. The van der Waals surface area contributed by atoms with Crippen molar-refractivity contribution < 1.29 is 19.1 Å². The molecule has 9 heteroatoms. The van der Waals surface area contributed by atoms with Gasteiger partial charge in [-0.2, -0.15) is 4.98 Å². The second-order valence-corrected chi connectivity index (χ2v) is 8.96. The lowest BCUT2D eigenvalue weighted by Crippen LogP contribution is -2.26. The summed E-state index contributed by atoms with van der Waals surface area (Å²) in [5.74, 6) is 0.507. The molecule has 0 bridgehead atoms. The third-order valence-electron chi connectivity index (χ3n) is 5.50. The first-order valence-electron chi connectivity index (χ1n) is 11.0. The van der Waals surface area contributed by atoms with E-state index in [1.807, 2.05) is 56.3 Å². The SMILES string of the molecule is COCc1nc(OC)c2c(C)c(C(=O)NC(C)c3cccc(NC(=O)c4ccccc4)c3)sc2n1. The van der Waals surface area contributed by atoms with Crippen LogP contribution in [0.1, 0.15) is 49.9 Å². The molecule has 0 radical (unpaired) electrons. The number of carbonyl (C=O) groups excluding carboxylic acids is 2. The lowest BCUT2D eigenvalue weighted by molar-refractivity contribution is 0.0942. The van der Waals surface area contributed by atoms with E-state index >= 15 is 0 Å². The summed E-state index contributed by atoms with van der Waals surface area (Å²) in [5.41, 5.74) is 2.86. The average molecular weight is 491 g/mol. The maximum atomic E-state index is 13.2. The first-order chi connectivity index (χ1) is 16.9. The second-order valence-electron chi connectivity index (χ2n) is 7.96. The first kappa shape index (κ1) is 24.3. The van der Waals surface area contributed by atoms with Crippen LogP contribution >= 0.6 is 11.3 Å². The lowest BCUT2D eigenvalue weighted by Gasteiger charge is -2.15. The highest BCUT2D eigenvalue weighted by atomic mass is 32.1. The molecule has 4 aromatic rings. The monoisotopic (exact) mass is 490 g/mol. The number of fused-ring (bicyclic) bond motifs is 1. The summed E-state index contributed by atoms with van der Waals surface area (Å²) in [5, 5.41) is 6.68. The summed E-state index contributed by atoms with van der Waals surface area (Å²) in [6, 6.07) is 16.1. The summed E-state index contributed by atoms with van der Waals surface area (Å²) in [4.78, 5) is 35.8. The Balaban J connectivity index is 1.53. The van der Waals surface area contributed by atoms with Crippen molar-refractivity contribution in [1.82, 2.24) is 15.3 Å². The molecular formula is C26H26N4O4S. The number of nitrogens with one attached hydrogen (secondary N) is 2. The van der Waals surface area contributed by atoms with Gasteiger partial charge in [-0.25, -0.2) is 4.98 Å². The third-order valence-corrected chi connectivity index (χ3v) is 6.69. The molecule has 0 aliphatic heterocycles. The lowest BCUT2D eigenvalue weighted by atomic mass is 10.1. The van der Waals surface area contributed by atoms with Crippen LogP contribution in [0.25, 0.3) is 10.2 Å². The van der Waals surface area contributed by atoms with Crippen LogP contribution in [0.2, 0.25) is 0 Å². The number of ether oxygens (including phenoxy) is 2. The first-order valence-corrected chi connectivity index (χ1v) is 11.8. The van der Waals surface area contributed by atoms with Crippen LogP contribution in [0, 0.1) is 6.92 Å². The zero-order chi connectivity index (χ0) is 24.9. The minimum atomic E-state index is -0.294. The van der Waals surface area contributed by atoms with Gasteiger partial charge in [-0.3, -0.25) is 9.59 Å². The Bertz CT molecular complexity index is 1370. The van der Waals surface area contributed by atoms with E-state index in [0.717, 1.165) is 16.5 Å². The highest BCUT2D eigenvalue weighted by molar-refractivity contribution is 7.20. The minimum Gasteiger partial charge on any atom is -0.480 e. The number of nitrogens with zero attached hydrogens (tertiary/aromatic N) is 2. The maximum Gasteiger partial charge on any atom is 0.262 e. The number of thiophene rings is 1. The minimum absolute atomic E-state index is 0.191. The number of aryl methyl sites for hydroxylation is 1. The zero-order valence-electron chi connectivity index (χ0n) is 19.9. The molecule has 1 unspecified atom stereocenters. The molecule has 4 rings (SSSR count). The van der Waals surface area contributed by atoms with Crippen molar-refractivity contribution in [3.8, 4) is 5.88 Å². The number of carbonyl (C=O) groups is 2. The molecule has 0 spiro atoms. The molecule has 0 saturated carbocycles. The number of anilines is 1.